The first kappa shape index (κ1) is 11.5. The van der Waals surface area contributed by atoms with Crippen LogP contribution in [-0.4, -0.2) is 31.5 Å². The first-order valence-corrected chi connectivity index (χ1v) is 4.60. The molecule has 15 heavy (non-hydrogen) atoms. The fraction of sp³-hybridized carbons (Fsp3) is 0.364. The number of likely N-dealkylation sites (N-methyl/N-ethyl adjacent to an activating group) is 1. The zero-order valence-electron chi connectivity index (χ0n) is 9.08. The maximum Gasteiger partial charge on any atom is 0.259 e. The molecule has 1 amide bonds. The molecule has 0 heterocycles. The van der Waals surface area contributed by atoms with E-state index in [4.69, 9.17) is 4.74 Å². The molecule has 0 fully saturated rings. The van der Waals surface area contributed by atoms with E-state index in [0.29, 0.717) is 11.3 Å². The van der Waals surface area contributed by atoms with Crippen molar-refractivity contribution in [3.63, 3.8) is 0 Å². The molecule has 0 aliphatic rings. The van der Waals surface area contributed by atoms with Crippen LogP contribution in [-0.2, 0) is 4.79 Å². The maximum atomic E-state index is 13.1. The van der Waals surface area contributed by atoms with Gasteiger partial charge in [-0.05, 0) is 18.6 Å². The van der Waals surface area contributed by atoms with Crippen LogP contribution < -0.4 is 4.74 Å². The molecule has 1 aromatic rings. The van der Waals surface area contributed by atoms with Crippen LogP contribution in [0.2, 0.25) is 0 Å². The molecule has 3 nitrogen and oxygen atoms in total. The lowest BCUT2D eigenvalue weighted by molar-refractivity contribution is -0.130. The summed E-state index contributed by atoms with van der Waals surface area (Å²) in [6, 6.07) is 4.53. The molecule has 1 aromatic carbocycles. The van der Waals surface area contributed by atoms with Crippen LogP contribution >= 0.6 is 0 Å². The normalized spacial score (nSPS) is 9.87. The highest BCUT2D eigenvalue weighted by molar-refractivity contribution is 5.77. The SMILES string of the molecule is Cc1ccc(OCC(=O)N(C)C)cc1F. The molecule has 0 spiro atoms. The minimum absolute atomic E-state index is 0.0739. The van der Waals surface area contributed by atoms with E-state index >= 15 is 0 Å². The summed E-state index contributed by atoms with van der Waals surface area (Å²) in [7, 11) is 3.28. The Labute approximate surface area is 88.5 Å². The number of rotatable bonds is 3. The average Bonchev–Trinajstić information content (AvgIpc) is 2.19. The standard InChI is InChI=1S/C11H14FNO2/c1-8-4-5-9(6-10(8)12)15-7-11(14)13(2)3/h4-6H,7H2,1-3H3. The van der Waals surface area contributed by atoms with E-state index in [9.17, 15) is 9.18 Å². The van der Waals surface area contributed by atoms with Gasteiger partial charge in [0.2, 0.25) is 0 Å². The van der Waals surface area contributed by atoms with Gasteiger partial charge in [-0.15, -0.1) is 0 Å². The molecule has 0 aliphatic carbocycles. The lowest BCUT2D eigenvalue weighted by Crippen LogP contribution is -2.27. The van der Waals surface area contributed by atoms with Crippen LogP contribution in [0.5, 0.6) is 5.75 Å². The smallest absolute Gasteiger partial charge is 0.259 e. The first-order valence-electron chi connectivity index (χ1n) is 4.60. The van der Waals surface area contributed by atoms with Crippen LogP contribution in [0.25, 0.3) is 0 Å². The summed E-state index contributed by atoms with van der Waals surface area (Å²) in [5.41, 5.74) is 0.557. The van der Waals surface area contributed by atoms with Crippen LogP contribution in [0, 0.1) is 12.7 Å². The lowest BCUT2D eigenvalue weighted by Gasteiger charge is -2.11. The average molecular weight is 211 g/mol. The number of hydrogen-bond donors (Lipinski definition) is 0. The highest BCUT2D eigenvalue weighted by Crippen LogP contribution is 2.15. The van der Waals surface area contributed by atoms with Gasteiger partial charge in [-0.3, -0.25) is 4.79 Å². The van der Waals surface area contributed by atoms with E-state index < -0.39 is 0 Å². The van der Waals surface area contributed by atoms with Gasteiger partial charge in [0.25, 0.3) is 5.91 Å². The van der Waals surface area contributed by atoms with Crippen LogP contribution in [0.15, 0.2) is 18.2 Å². The van der Waals surface area contributed by atoms with Crippen molar-refractivity contribution in [1.29, 1.82) is 0 Å². The Balaban J connectivity index is 2.58. The third-order valence-electron chi connectivity index (χ3n) is 2.00. The molecular formula is C11H14FNO2. The molecule has 0 saturated heterocycles. The molecule has 0 aromatic heterocycles. The van der Waals surface area contributed by atoms with Gasteiger partial charge < -0.3 is 9.64 Å². The molecule has 1 rings (SSSR count). The molecule has 0 aliphatic heterocycles. The van der Waals surface area contributed by atoms with E-state index in [1.54, 1.807) is 33.2 Å². The van der Waals surface area contributed by atoms with Crippen molar-refractivity contribution in [1.82, 2.24) is 4.90 Å². The minimum Gasteiger partial charge on any atom is -0.484 e. The van der Waals surface area contributed by atoms with E-state index in [-0.39, 0.29) is 18.3 Å². The number of hydrogen-bond acceptors (Lipinski definition) is 2. The largest absolute Gasteiger partial charge is 0.484 e. The van der Waals surface area contributed by atoms with Crippen LogP contribution in [0.3, 0.4) is 0 Å². The Morgan fingerprint density at radius 2 is 2.13 bits per heavy atom. The van der Waals surface area contributed by atoms with Crippen molar-refractivity contribution in [3.8, 4) is 5.75 Å². The number of nitrogens with zero attached hydrogens (tertiary/aromatic N) is 1. The van der Waals surface area contributed by atoms with Gasteiger partial charge in [0.05, 0.1) is 0 Å². The van der Waals surface area contributed by atoms with Gasteiger partial charge in [0.1, 0.15) is 11.6 Å². The Hall–Kier alpha value is -1.58. The van der Waals surface area contributed by atoms with Crippen molar-refractivity contribution < 1.29 is 13.9 Å². The second-order valence-corrected chi connectivity index (χ2v) is 3.49. The van der Waals surface area contributed by atoms with Gasteiger partial charge >= 0.3 is 0 Å². The van der Waals surface area contributed by atoms with Crippen molar-refractivity contribution in [3.05, 3.63) is 29.6 Å². The monoisotopic (exact) mass is 211 g/mol. The summed E-state index contributed by atoms with van der Waals surface area (Å²) < 4.78 is 18.2. The summed E-state index contributed by atoms with van der Waals surface area (Å²) in [5, 5.41) is 0. The van der Waals surface area contributed by atoms with Gasteiger partial charge in [-0.1, -0.05) is 6.07 Å². The number of carbonyl (C=O) groups is 1. The molecule has 0 bridgehead atoms. The van der Waals surface area contributed by atoms with Crippen LogP contribution in [0.4, 0.5) is 4.39 Å². The van der Waals surface area contributed by atoms with Crippen LogP contribution in [0.1, 0.15) is 5.56 Å². The Bertz CT molecular complexity index is 364. The molecule has 0 unspecified atom stereocenters. The maximum absolute atomic E-state index is 13.1. The third kappa shape index (κ3) is 3.23. The second-order valence-electron chi connectivity index (χ2n) is 3.49. The number of aryl methyl sites for hydroxylation is 1. The summed E-state index contributed by atoms with van der Waals surface area (Å²) in [6.45, 7) is 1.60. The predicted molar refractivity (Wildman–Crippen MR) is 55.3 cm³/mol. The van der Waals surface area contributed by atoms with Crippen molar-refractivity contribution in [2.45, 2.75) is 6.92 Å². The Morgan fingerprint density at radius 3 is 2.67 bits per heavy atom. The zero-order valence-corrected chi connectivity index (χ0v) is 9.08. The fourth-order valence-corrected chi connectivity index (χ4v) is 0.938. The third-order valence-corrected chi connectivity index (χ3v) is 2.00. The van der Waals surface area contributed by atoms with Crippen molar-refractivity contribution in [2.24, 2.45) is 0 Å². The number of benzene rings is 1. The predicted octanol–water partition coefficient (Wildman–Crippen LogP) is 1.60. The summed E-state index contributed by atoms with van der Waals surface area (Å²) in [5.74, 6) is -0.117. The lowest BCUT2D eigenvalue weighted by atomic mass is 10.2. The van der Waals surface area contributed by atoms with Crippen molar-refractivity contribution in [2.75, 3.05) is 20.7 Å². The molecule has 0 N–H and O–H groups in total. The highest BCUT2D eigenvalue weighted by atomic mass is 19.1. The van der Waals surface area contributed by atoms with Gasteiger partial charge in [-0.25, -0.2) is 4.39 Å². The van der Waals surface area contributed by atoms with Gasteiger partial charge in [0.15, 0.2) is 6.61 Å². The fourth-order valence-electron chi connectivity index (χ4n) is 0.938. The van der Waals surface area contributed by atoms with E-state index in [1.165, 1.54) is 11.0 Å². The van der Waals surface area contributed by atoms with E-state index in [2.05, 4.69) is 0 Å². The summed E-state index contributed by atoms with van der Waals surface area (Å²) >= 11 is 0. The molecule has 0 saturated carbocycles. The first-order chi connectivity index (χ1) is 7.00. The second kappa shape index (κ2) is 4.77. The Morgan fingerprint density at radius 1 is 1.47 bits per heavy atom. The minimum atomic E-state index is -0.329. The highest BCUT2D eigenvalue weighted by Gasteiger charge is 2.05. The Kier molecular flexibility index (Phi) is 3.66. The van der Waals surface area contributed by atoms with Gasteiger partial charge in [0, 0.05) is 20.2 Å². The molecule has 0 radical (unpaired) electrons. The molecular weight excluding hydrogens is 197 g/mol. The summed E-state index contributed by atoms with van der Waals surface area (Å²) in [6.07, 6.45) is 0. The number of amides is 1. The quantitative estimate of drug-likeness (QED) is 0.760. The van der Waals surface area contributed by atoms with E-state index in [1.807, 2.05) is 0 Å². The number of carbonyl (C=O) groups excluding carboxylic acids is 1. The zero-order chi connectivity index (χ0) is 11.4. The van der Waals surface area contributed by atoms with E-state index in [0.717, 1.165) is 0 Å². The topological polar surface area (TPSA) is 29.5 Å². The van der Waals surface area contributed by atoms with Crippen molar-refractivity contribution >= 4 is 5.91 Å². The van der Waals surface area contributed by atoms with Gasteiger partial charge in [-0.2, -0.15) is 0 Å². The molecule has 0 atom stereocenters. The summed E-state index contributed by atoms with van der Waals surface area (Å²) in [4.78, 5) is 12.6. The molecule has 4 heteroatoms. The number of ether oxygens (including phenoxy) is 1. The number of halogens is 1. The molecule has 82 valence electrons.